The molecular formula is C8H24BNO2. The van der Waals surface area contributed by atoms with E-state index >= 15 is 0 Å². The topological polar surface area (TPSA) is 52.5 Å². The van der Waals surface area contributed by atoms with Crippen molar-refractivity contribution in [1.29, 1.82) is 0 Å². The Morgan fingerprint density at radius 3 is 1.42 bits per heavy atom. The van der Waals surface area contributed by atoms with Crippen molar-refractivity contribution in [3.05, 3.63) is 0 Å². The van der Waals surface area contributed by atoms with Crippen molar-refractivity contribution in [2.24, 2.45) is 5.92 Å². The van der Waals surface area contributed by atoms with Crippen LogP contribution in [0.3, 0.4) is 0 Å². The second-order valence-corrected chi connectivity index (χ2v) is 2.77. The highest BCUT2D eigenvalue weighted by molar-refractivity contribution is 6.41. The van der Waals surface area contributed by atoms with Crippen molar-refractivity contribution in [3.8, 4) is 0 Å². The Kier molecular flexibility index (Phi) is 25.6. The summed E-state index contributed by atoms with van der Waals surface area (Å²) in [6, 6.07) is 0. The molecule has 0 radical (unpaired) electrons. The van der Waals surface area contributed by atoms with Gasteiger partial charge in [-0.1, -0.05) is 34.6 Å². The van der Waals surface area contributed by atoms with E-state index in [4.69, 9.17) is 10.0 Å². The van der Waals surface area contributed by atoms with E-state index in [-0.39, 0.29) is 6.44 Å². The van der Waals surface area contributed by atoms with Gasteiger partial charge < -0.3 is 15.4 Å². The Morgan fingerprint density at radius 1 is 1.17 bits per heavy atom. The maximum atomic E-state index is 8.05. The number of hydrogen-bond donors (Lipinski definition) is 3. The Labute approximate surface area is 77.3 Å². The van der Waals surface area contributed by atoms with Crippen molar-refractivity contribution in [3.63, 3.8) is 0 Å². The molecule has 0 aliphatic heterocycles. The monoisotopic (exact) mass is 177 g/mol. The minimum Gasteiger partial charge on any atom is -0.426 e. The normalized spacial score (nSPS) is 7.75. The molecule has 0 aromatic rings. The maximum Gasteiger partial charge on any atom is 0.466 e. The molecule has 0 atom stereocenters. The molecule has 0 aliphatic carbocycles. The lowest BCUT2D eigenvalue weighted by atomic mass is 9.93. The first-order valence-electron chi connectivity index (χ1n) is 4.51. The molecule has 0 rings (SSSR count). The van der Waals surface area contributed by atoms with Gasteiger partial charge in [0.1, 0.15) is 0 Å². The van der Waals surface area contributed by atoms with Gasteiger partial charge in [0.05, 0.1) is 0 Å². The lowest BCUT2D eigenvalue weighted by Crippen LogP contribution is -2.27. The van der Waals surface area contributed by atoms with Crippen LogP contribution in [-0.2, 0) is 0 Å². The van der Waals surface area contributed by atoms with Crippen LogP contribution in [0.2, 0.25) is 0 Å². The van der Waals surface area contributed by atoms with E-state index < -0.39 is 7.12 Å². The molecule has 0 saturated heterocycles. The molecule has 0 saturated carbocycles. The first-order valence-corrected chi connectivity index (χ1v) is 4.51. The van der Waals surface area contributed by atoms with Gasteiger partial charge in [0.25, 0.3) is 0 Å². The molecule has 4 heteroatoms. The fraction of sp³-hybridized carbons (Fsp3) is 1.00. The van der Waals surface area contributed by atoms with Crippen molar-refractivity contribution in [2.45, 2.75) is 34.6 Å². The standard InChI is InChI=1S/C4H10.C2H8BNO2.C2H6/c1-4(2)3;1-4-2-3(5)6;1-2/h4H,1-3H3;4-6H,2H2,1H3;1-2H3. The Morgan fingerprint density at radius 2 is 1.42 bits per heavy atom. The third kappa shape index (κ3) is 91.7. The second kappa shape index (κ2) is 17.1. The summed E-state index contributed by atoms with van der Waals surface area (Å²) in [5.74, 6) is 0.833. The SMILES string of the molecule is CC.CC(C)C.CNCB(O)O. The molecule has 0 aliphatic rings. The summed E-state index contributed by atoms with van der Waals surface area (Å²) in [4.78, 5) is 0. The van der Waals surface area contributed by atoms with Crippen LogP contribution in [0.1, 0.15) is 34.6 Å². The maximum absolute atomic E-state index is 8.05. The molecule has 3 N–H and O–H groups in total. The molecule has 76 valence electrons. The van der Waals surface area contributed by atoms with Gasteiger partial charge in [-0.05, 0) is 13.0 Å². The number of nitrogens with one attached hydrogen (secondary N) is 1. The van der Waals surface area contributed by atoms with E-state index in [0.29, 0.717) is 0 Å². The fourth-order valence-corrected chi connectivity index (χ4v) is 0.183. The molecule has 12 heavy (non-hydrogen) atoms. The van der Waals surface area contributed by atoms with Crippen molar-refractivity contribution in [2.75, 3.05) is 13.5 Å². The largest absolute Gasteiger partial charge is 0.466 e. The predicted octanol–water partition coefficient (Wildman–Crippen LogP) is 0.906. The summed E-state index contributed by atoms with van der Waals surface area (Å²) in [6.07, 6.45) is 0.236. The summed E-state index contributed by atoms with van der Waals surface area (Å²) in [5, 5.41) is 18.7. The Balaban J connectivity index is -0.000000118. The van der Waals surface area contributed by atoms with Gasteiger partial charge >= 0.3 is 7.12 Å². The summed E-state index contributed by atoms with van der Waals surface area (Å²) >= 11 is 0. The third-order valence-electron chi connectivity index (χ3n) is 0.387. The van der Waals surface area contributed by atoms with E-state index in [9.17, 15) is 0 Å². The molecular weight excluding hydrogens is 153 g/mol. The van der Waals surface area contributed by atoms with E-state index in [0.717, 1.165) is 5.92 Å². The van der Waals surface area contributed by atoms with Gasteiger partial charge in [-0.25, -0.2) is 0 Å². The van der Waals surface area contributed by atoms with E-state index in [2.05, 4.69) is 26.1 Å². The van der Waals surface area contributed by atoms with Gasteiger partial charge in [0, 0.05) is 6.44 Å². The van der Waals surface area contributed by atoms with Crippen LogP contribution in [0, 0.1) is 5.92 Å². The average molecular weight is 177 g/mol. The molecule has 0 fully saturated rings. The van der Waals surface area contributed by atoms with Crippen LogP contribution in [0.15, 0.2) is 0 Å². The van der Waals surface area contributed by atoms with Crippen molar-refractivity contribution < 1.29 is 10.0 Å². The van der Waals surface area contributed by atoms with Crippen LogP contribution in [0.25, 0.3) is 0 Å². The third-order valence-corrected chi connectivity index (χ3v) is 0.387. The average Bonchev–Trinajstić information content (AvgIpc) is 1.90. The van der Waals surface area contributed by atoms with Crippen LogP contribution in [-0.4, -0.2) is 30.7 Å². The molecule has 0 heterocycles. The number of rotatable bonds is 2. The quantitative estimate of drug-likeness (QED) is 0.549. The van der Waals surface area contributed by atoms with Crippen LogP contribution < -0.4 is 5.32 Å². The molecule has 0 amide bonds. The Hall–Kier alpha value is -0.0551. The zero-order valence-corrected chi connectivity index (χ0v) is 9.26. The highest BCUT2D eigenvalue weighted by atomic mass is 16.4. The van der Waals surface area contributed by atoms with Gasteiger partial charge in [-0.3, -0.25) is 0 Å². The van der Waals surface area contributed by atoms with Crippen molar-refractivity contribution in [1.82, 2.24) is 5.32 Å². The van der Waals surface area contributed by atoms with Gasteiger partial charge in [0.15, 0.2) is 0 Å². The van der Waals surface area contributed by atoms with E-state index in [1.54, 1.807) is 7.05 Å². The van der Waals surface area contributed by atoms with Crippen LogP contribution >= 0.6 is 0 Å². The van der Waals surface area contributed by atoms with Gasteiger partial charge in [-0.15, -0.1) is 0 Å². The van der Waals surface area contributed by atoms with E-state index in [1.807, 2.05) is 13.8 Å². The lowest BCUT2D eigenvalue weighted by Gasteiger charge is -1.90. The van der Waals surface area contributed by atoms with Crippen molar-refractivity contribution >= 4 is 7.12 Å². The summed E-state index contributed by atoms with van der Waals surface area (Å²) < 4.78 is 0. The molecule has 0 aromatic carbocycles. The lowest BCUT2D eigenvalue weighted by molar-refractivity contribution is 0.402. The summed E-state index contributed by atoms with van der Waals surface area (Å²) in [7, 11) is 0.439. The molecule has 0 unspecified atom stereocenters. The Bertz CT molecular complexity index is 58.3. The zero-order chi connectivity index (χ0) is 10.6. The minimum absolute atomic E-state index is 0.236. The van der Waals surface area contributed by atoms with Crippen LogP contribution in [0.4, 0.5) is 0 Å². The van der Waals surface area contributed by atoms with Gasteiger partial charge in [-0.2, -0.15) is 0 Å². The van der Waals surface area contributed by atoms with E-state index in [1.165, 1.54) is 0 Å². The molecule has 0 spiro atoms. The first kappa shape index (κ1) is 17.9. The smallest absolute Gasteiger partial charge is 0.426 e. The van der Waals surface area contributed by atoms with Crippen LogP contribution in [0.5, 0.6) is 0 Å². The highest BCUT2D eigenvalue weighted by Crippen LogP contribution is 1.81. The molecule has 0 bridgehead atoms. The van der Waals surface area contributed by atoms with Gasteiger partial charge in [0.2, 0.25) is 0 Å². The predicted molar refractivity (Wildman–Crippen MR) is 56.0 cm³/mol. The summed E-state index contributed by atoms with van der Waals surface area (Å²) in [5.41, 5.74) is 0. The summed E-state index contributed by atoms with van der Waals surface area (Å²) in [6.45, 7) is 10.5. The minimum atomic E-state index is -1.21. The second-order valence-electron chi connectivity index (χ2n) is 2.77. The number of hydrogen-bond acceptors (Lipinski definition) is 3. The fourth-order valence-electron chi connectivity index (χ4n) is 0.183. The highest BCUT2D eigenvalue weighted by Gasteiger charge is 2.00. The molecule has 0 aromatic heterocycles. The molecule has 3 nitrogen and oxygen atoms in total. The first-order chi connectivity index (χ1) is 5.50. The zero-order valence-electron chi connectivity index (χ0n) is 9.26.